The third-order valence-electron chi connectivity index (χ3n) is 6.34. The Balaban J connectivity index is 1.58. The molecule has 2 aromatic rings. The van der Waals surface area contributed by atoms with Gasteiger partial charge in [-0.1, -0.05) is 72.8 Å². The van der Waals surface area contributed by atoms with E-state index in [1.165, 1.54) is 0 Å². The molecule has 10 nitrogen and oxygen atoms in total. The summed E-state index contributed by atoms with van der Waals surface area (Å²) in [6, 6.07) is 17.2. The summed E-state index contributed by atoms with van der Waals surface area (Å²) in [6.07, 6.45) is 2.70. The molecule has 214 valence electrons. The van der Waals surface area contributed by atoms with Crippen molar-refractivity contribution in [3.63, 3.8) is 0 Å². The minimum Gasteiger partial charge on any atom is -0.459 e. The fraction of sp³-hybridized carbons (Fsp3) is 0.400. The minimum atomic E-state index is -0.984. The number of amides is 3. The normalized spacial score (nSPS) is 20.6. The maximum absolute atomic E-state index is 12.8. The second-order valence-corrected chi connectivity index (χ2v) is 9.73. The number of ether oxygens (including phenoxy) is 2. The highest BCUT2D eigenvalue weighted by Gasteiger charge is 2.27. The van der Waals surface area contributed by atoms with Crippen molar-refractivity contribution in [3.05, 3.63) is 83.9 Å². The Kier molecular flexibility index (Phi) is 12.2. The zero-order valence-electron chi connectivity index (χ0n) is 22.6. The number of carbonyl (C=O) groups is 4. The summed E-state index contributed by atoms with van der Waals surface area (Å²) in [4.78, 5) is 50.7. The van der Waals surface area contributed by atoms with Crippen LogP contribution >= 0.6 is 0 Å². The molecule has 4 atom stereocenters. The molecule has 3 amide bonds. The first-order valence-corrected chi connectivity index (χ1v) is 13.4. The molecule has 1 aliphatic rings. The van der Waals surface area contributed by atoms with Crippen molar-refractivity contribution in [1.82, 2.24) is 16.0 Å². The summed E-state index contributed by atoms with van der Waals surface area (Å²) < 4.78 is 10.7. The maximum atomic E-state index is 12.8. The van der Waals surface area contributed by atoms with E-state index in [4.69, 9.17) is 9.47 Å². The van der Waals surface area contributed by atoms with Gasteiger partial charge in [0, 0.05) is 6.42 Å². The van der Waals surface area contributed by atoms with Crippen LogP contribution in [0.5, 0.6) is 0 Å². The van der Waals surface area contributed by atoms with E-state index in [0.717, 1.165) is 11.1 Å². The number of esters is 1. The van der Waals surface area contributed by atoms with E-state index < -0.39 is 36.2 Å². The van der Waals surface area contributed by atoms with E-state index in [1.54, 1.807) is 19.1 Å². The summed E-state index contributed by atoms with van der Waals surface area (Å²) in [6.45, 7) is 1.49. The number of hydrogen-bond acceptors (Lipinski definition) is 7. The molecule has 0 fully saturated rings. The van der Waals surface area contributed by atoms with Gasteiger partial charge in [0.1, 0.15) is 18.8 Å². The molecule has 1 heterocycles. The number of aliphatic hydroxyl groups is 1. The van der Waals surface area contributed by atoms with Gasteiger partial charge >= 0.3 is 12.1 Å². The average Bonchev–Trinajstić information content (AvgIpc) is 2.95. The molecule has 0 saturated heterocycles. The topological polar surface area (TPSA) is 143 Å². The first-order chi connectivity index (χ1) is 19.3. The molecule has 10 heteroatoms. The first kappa shape index (κ1) is 30.4. The fourth-order valence-electron chi connectivity index (χ4n) is 4.18. The van der Waals surface area contributed by atoms with Crippen LogP contribution < -0.4 is 16.0 Å². The molecule has 3 rings (SSSR count). The maximum Gasteiger partial charge on any atom is 0.408 e. The average molecular weight is 552 g/mol. The predicted molar refractivity (Wildman–Crippen MR) is 148 cm³/mol. The third kappa shape index (κ3) is 10.5. The highest BCUT2D eigenvalue weighted by molar-refractivity contribution is 5.86. The Morgan fingerprint density at radius 1 is 1.02 bits per heavy atom. The molecule has 0 aromatic heterocycles. The summed E-state index contributed by atoms with van der Waals surface area (Å²) in [5.41, 5.74) is 1.79. The molecule has 1 aliphatic heterocycles. The number of benzene rings is 2. The van der Waals surface area contributed by atoms with E-state index in [9.17, 15) is 24.3 Å². The SMILES string of the molecule is C[C@H]1CNC(=O)[C@@H](CC(=O)N[C@@H](CO)Cc2ccccc2)CC=CC[C@@H](NC(=O)OCc2ccccc2)C(=O)O1. The van der Waals surface area contributed by atoms with Crippen LogP contribution in [-0.4, -0.2) is 60.3 Å². The van der Waals surface area contributed by atoms with Crippen LogP contribution in [-0.2, 0) is 36.9 Å². The monoisotopic (exact) mass is 551 g/mol. The van der Waals surface area contributed by atoms with Gasteiger partial charge in [-0.25, -0.2) is 9.59 Å². The summed E-state index contributed by atoms with van der Waals surface area (Å²) in [5, 5.41) is 17.8. The predicted octanol–water partition coefficient (Wildman–Crippen LogP) is 2.41. The van der Waals surface area contributed by atoms with E-state index in [-0.39, 0.29) is 50.8 Å². The van der Waals surface area contributed by atoms with Gasteiger partial charge in [0.15, 0.2) is 0 Å². The molecule has 40 heavy (non-hydrogen) atoms. The summed E-state index contributed by atoms with van der Waals surface area (Å²) >= 11 is 0. The van der Waals surface area contributed by atoms with Crippen LogP contribution in [0.25, 0.3) is 0 Å². The lowest BCUT2D eigenvalue weighted by Crippen LogP contribution is -2.45. The van der Waals surface area contributed by atoms with E-state index >= 15 is 0 Å². The molecular formula is C30H37N3O7. The number of carbonyl (C=O) groups excluding carboxylic acids is 4. The largest absolute Gasteiger partial charge is 0.459 e. The van der Waals surface area contributed by atoms with Crippen molar-refractivity contribution in [2.24, 2.45) is 5.92 Å². The smallest absolute Gasteiger partial charge is 0.408 e. The van der Waals surface area contributed by atoms with Crippen LogP contribution in [0.3, 0.4) is 0 Å². The first-order valence-electron chi connectivity index (χ1n) is 13.4. The van der Waals surface area contributed by atoms with Crippen molar-refractivity contribution in [2.75, 3.05) is 13.2 Å². The van der Waals surface area contributed by atoms with Crippen LogP contribution in [0.2, 0.25) is 0 Å². The molecular weight excluding hydrogens is 514 g/mol. The van der Waals surface area contributed by atoms with Gasteiger partial charge in [0.25, 0.3) is 0 Å². The number of rotatable bonds is 9. The van der Waals surface area contributed by atoms with Gasteiger partial charge in [-0.15, -0.1) is 0 Å². The highest BCUT2D eigenvalue weighted by Crippen LogP contribution is 2.14. The Morgan fingerprint density at radius 2 is 1.68 bits per heavy atom. The van der Waals surface area contributed by atoms with Crippen molar-refractivity contribution in [2.45, 2.75) is 57.4 Å². The van der Waals surface area contributed by atoms with Crippen LogP contribution in [0.4, 0.5) is 4.79 Å². The molecule has 0 bridgehead atoms. The number of alkyl carbamates (subject to hydrolysis) is 1. The lowest BCUT2D eigenvalue weighted by atomic mass is 9.98. The van der Waals surface area contributed by atoms with Crippen LogP contribution in [0.15, 0.2) is 72.8 Å². The van der Waals surface area contributed by atoms with Crippen LogP contribution in [0, 0.1) is 5.92 Å². The molecule has 0 saturated carbocycles. The molecule has 0 spiro atoms. The second kappa shape index (κ2) is 16.0. The quantitative estimate of drug-likeness (QED) is 0.277. The van der Waals surface area contributed by atoms with Crippen molar-refractivity contribution >= 4 is 23.9 Å². The molecule has 4 N–H and O–H groups in total. The molecule has 2 aromatic carbocycles. The fourth-order valence-corrected chi connectivity index (χ4v) is 4.18. The molecule has 0 radical (unpaired) electrons. The van der Waals surface area contributed by atoms with Crippen LogP contribution in [0.1, 0.15) is 37.3 Å². The van der Waals surface area contributed by atoms with Gasteiger partial charge in [0.2, 0.25) is 11.8 Å². The minimum absolute atomic E-state index is 0.0465. The van der Waals surface area contributed by atoms with Gasteiger partial charge in [-0.2, -0.15) is 0 Å². The summed E-state index contributed by atoms with van der Waals surface area (Å²) in [5.74, 6) is -2.01. The second-order valence-electron chi connectivity index (χ2n) is 9.73. The Bertz CT molecular complexity index is 1140. The third-order valence-corrected chi connectivity index (χ3v) is 6.34. The zero-order chi connectivity index (χ0) is 28.7. The highest BCUT2D eigenvalue weighted by atomic mass is 16.6. The van der Waals surface area contributed by atoms with Gasteiger partial charge in [-0.3, -0.25) is 9.59 Å². The number of cyclic esters (lactones) is 1. The van der Waals surface area contributed by atoms with E-state index in [0.29, 0.717) is 6.42 Å². The number of aliphatic hydroxyl groups excluding tert-OH is 1. The summed E-state index contributed by atoms with van der Waals surface area (Å²) in [7, 11) is 0. The van der Waals surface area contributed by atoms with Crippen molar-refractivity contribution in [1.29, 1.82) is 0 Å². The van der Waals surface area contributed by atoms with Gasteiger partial charge in [0.05, 0.1) is 25.1 Å². The lowest BCUT2D eigenvalue weighted by Gasteiger charge is -2.23. The standard InChI is InChI=1S/C30H37N3O7/c1-21-18-31-28(36)24(17-27(35)32-25(19-34)16-22-10-4-2-5-11-22)14-8-9-15-26(29(37)40-21)33-30(38)39-20-23-12-6-3-7-13-23/h2-13,21,24-26,34H,14-20H2,1H3,(H,31,36)(H,32,35)(H,33,38)/t21-,24+,25+,26+/m0/s1. The Hall–Kier alpha value is -4.18. The van der Waals surface area contributed by atoms with Crippen molar-refractivity contribution < 1.29 is 33.8 Å². The lowest BCUT2D eigenvalue weighted by molar-refractivity contribution is -0.151. The Labute approximate surface area is 234 Å². The van der Waals surface area contributed by atoms with Gasteiger partial charge in [-0.05, 0) is 37.3 Å². The number of nitrogens with one attached hydrogen (secondary N) is 3. The molecule has 0 unspecified atom stereocenters. The zero-order valence-corrected chi connectivity index (χ0v) is 22.6. The van der Waals surface area contributed by atoms with Gasteiger partial charge < -0.3 is 30.5 Å². The number of allylic oxidation sites excluding steroid dienone is 1. The molecule has 0 aliphatic carbocycles. The van der Waals surface area contributed by atoms with Crippen molar-refractivity contribution in [3.8, 4) is 0 Å². The number of hydrogen-bond donors (Lipinski definition) is 4. The van der Waals surface area contributed by atoms with E-state index in [1.807, 2.05) is 60.7 Å². The Morgan fingerprint density at radius 3 is 2.35 bits per heavy atom. The van der Waals surface area contributed by atoms with E-state index in [2.05, 4.69) is 16.0 Å².